The molecule has 0 spiro atoms. The van der Waals surface area contributed by atoms with Crippen molar-refractivity contribution in [2.24, 2.45) is 0 Å². The third-order valence-electron chi connectivity index (χ3n) is 2.73. The number of carbonyl (C=O) groups excluding carboxylic acids is 1. The summed E-state index contributed by atoms with van der Waals surface area (Å²) >= 11 is 0. The number of esters is 1. The van der Waals surface area contributed by atoms with Gasteiger partial charge in [-0.15, -0.1) is 0 Å². The van der Waals surface area contributed by atoms with Crippen LogP contribution in [0.3, 0.4) is 0 Å². The molecule has 0 fully saturated rings. The molecule has 0 aliphatic carbocycles. The number of ether oxygens (including phenoxy) is 1. The maximum absolute atomic E-state index is 13.5. The van der Waals surface area contributed by atoms with Crippen molar-refractivity contribution in [3.63, 3.8) is 0 Å². The zero-order valence-corrected chi connectivity index (χ0v) is 12.8. The molecule has 5 nitrogen and oxygen atoms in total. The Kier molecular flexibility index (Phi) is 4.95. The van der Waals surface area contributed by atoms with E-state index in [2.05, 4.69) is 4.18 Å². The Labute approximate surface area is 131 Å². The fraction of sp³-hybridized carbons (Fsp3) is 0.133. The van der Waals surface area contributed by atoms with Crippen molar-refractivity contribution < 1.29 is 30.9 Å². The average Bonchev–Trinajstić information content (AvgIpc) is 2.50. The quantitative estimate of drug-likeness (QED) is 0.617. The second-order valence-electron chi connectivity index (χ2n) is 4.36. The van der Waals surface area contributed by atoms with Gasteiger partial charge in [0.15, 0.2) is 11.6 Å². The SMILES string of the molecule is CCOC(=O)c1cccc(S(=O)(=O)Oc2ccc(F)cc2F)c1. The molecular formula is C15H12F2O5S. The van der Waals surface area contributed by atoms with E-state index in [1.54, 1.807) is 6.92 Å². The molecule has 0 saturated heterocycles. The smallest absolute Gasteiger partial charge is 0.339 e. The summed E-state index contributed by atoms with van der Waals surface area (Å²) in [4.78, 5) is 11.3. The molecule has 0 radical (unpaired) electrons. The molecule has 2 rings (SSSR count). The highest BCUT2D eigenvalue weighted by Crippen LogP contribution is 2.23. The molecule has 122 valence electrons. The summed E-state index contributed by atoms with van der Waals surface area (Å²) in [7, 11) is -4.39. The molecule has 0 aliphatic rings. The summed E-state index contributed by atoms with van der Waals surface area (Å²) in [5.74, 6) is -3.36. The van der Waals surface area contributed by atoms with Gasteiger partial charge in [-0.2, -0.15) is 8.42 Å². The lowest BCUT2D eigenvalue weighted by Crippen LogP contribution is -2.12. The standard InChI is InChI=1S/C15H12F2O5S/c1-2-21-15(18)10-4-3-5-12(8-10)23(19,20)22-14-7-6-11(16)9-13(14)17/h3-9H,2H2,1H3. The third kappa shape index (κ3) is 4.04. The Bertz CT molecular complexity index is 834. The summed E-state index contributed by atoms with van der Waals surface area (Å²) in [5, 5.41) is 0. The number of halogens is 2. The van der Waals surface area contributed by atoms with Gasteiger partial charge in [0.05, 0.1) is 12.2 Å². The van der Waals surface area contributed by atoms with Gasteiger partial charge in [0.1, 0.15) is 10.7 Å². The molecule has 23 heavy (non-hydrogen) atoms. The van der Waals surface area contributed by atoms with Crippen molar-refractivity contribution in [2.45, 2.75) is 11.8 Å². The first kappa shape index (κ1) is 16.9. The van der Waals surface area contributed by atoms with E-state index in [1.807, 2.05) is 0 Å². The Morgan fingerprint density at radius 1 is 1.13 bits per heavy atom. The lowest BCUT2D eigenvalue weighted by atomic mass is 10.2. The minimum absolute atomic E-state index is 0.0103. The predicted molar refractivity (Wildman–Crippen MR) is 76.6 cm³/mol. The van der Waals surface area contributed by atoms with Crippen LogP contribution >= 0.6 is 0 Å². The minimum atomic E-state index is -4.39. The second-order valence-corrected chi connectivity index (χ2v) is 5.91. The molecule has 2 aromatic carbocycles. The van der Waals surface area contributed by atoms with Crippen LogP contribution in [0.25, 0.3) is 0 Å². The molecule has 0 bridgehead atoms. The van der Waals surface area contributed by atoms with Crippen LogP contribution in [0.4, 0.5) is 8.78 Å². The van der Waals surface area contributed by atoms with Gasteiger partial charge >= 0.3 is 16.1 Å². The van der Waals surface area contributed by atoms with Gasteiger partial charge in [0, 0.05) is 6.07 Å². The lowest BCUT2D eigenvalue weighted by Gasteiger charge is -2.09. The van der Waals surface area contributed by atoms with E-state index >= 15 is 0 Å². The van der Waals surface area contributed by atoms with Crippen LogP contribution in [-0.4, -0.2) is 21.0 Å². The molecular weight excluding hydrogens is 330 g/mol. The number of rotatable bonds is 5. The van der Waals surface area contributed by atoms with Crippen LogP contribution in [0.5, 0.6) is 5.75 Å². The first-order valence-electron chi connectivity index (χ1n) is 6.50. The van der Waals surface area contributed by atoms with Crippen LogP contribution < -0.4 is 4.18 Å². The molecule has 0 aromatic heterocycles. The van der Waals surface area contributed by atoms with Crippen molar-refractivity contribution in [1.29, 1.82) is 0 Å². The Balaban J connectivity index is 2.32. The Hall–Kier alpha value is -2.48. The summed E-state index contributed by atoms with van der Waals surface area (Å²) < 4.78 is 60.0. The van der Waals surface area contributed by atoms with Gasteiger partial charge < -0.3 is 8.92 Å². The van der Waals surface area contributed by atoms with Crippen molar-refractivity contribution in [1.82, 2.24) is 0 Å². The lowest BCUT2D eigenvalue weighted by molar-refractivity contribution is 0.0526. The second kappa shape index (κ2) is 6.74. The molecule has 0 amide bonds. The van der Waals surface area contributed by atoms with Crippen LogP contribution in [0.15, 0.2) is 47.4 Å². The summed E-state index contributed by atoms with van der Waals surface area (Å²) in [5.41, 5.74) is 0.0103. The van der Waals surface area contributed by atoms with E-state index in [1.165, 1.54) is 18.2 Å². The summed E-state index contributed by atoms with van der Waals surface area (Å²) in [6, 6.07) is 7.15. The Morgan fingerprint density at radius 3 is 2.52 bits per heavy atom. The highest BCUT2D eigenvalue weighted by molar-refractivity contribution is 7.87. The molecule has 0 aliphatic heterocycles. The van der Waals surface area contributed by atoms with Crippen LogP contribution in [0, 0.1) is 11.6 Å². The van der Waals surface area contributed by atoms with E-state index in [0.29, 0.717) is 6.07 Å². The normalized spacial score (nSPS) is 11.1. The average molecular weight is 342 g/mol. The summed E-state index contributed by atoms with van der Waals surface area (Å²) in [6.45, 7) is 1.74. The fourth-order valence-corrected chi connectivity index (χ4v) is 2.69. The fourth-order valence-electron chi connectivity index (χ4n) is 1.70. The van der Waals surface area contributed by atoms with Crippen molar-refractivity contribution in [2.75, 3.05) is 6.61 Å². The van der Waals surface area contributed by atoms with E-state index < -0.39 is 33.5 Å². The van der Waals surface area contributed by atoms with Crippen molar-refractivity contribution in [3.8, 4) is 5.75 Å². The zero-order chi connectivity index (χ0) is 17.0. The molecule has 0 atom stereocenters. The maximum Gasteiger partial charge on any atom is 0.339 e. The van der Waals surface area contributed by atoms with Gasteiger partial charge in [0.25, 0.3) is 0 Å². The highest BCUT2D eigenvalue weighted by Gasteiger charge is 2.21. The maximum atomic E-state index is 13.5. The number of benzene rings is 2. The molecule has 0 saturated carbocycles. The van der Waals surface area contributed by atoms with Gasteiger partial charge in [-0.05, 0) is 37.3 Å². The topological polar surface area (TPSA) is 69.7 Å². The van der Waals surface area contributed by atoms with Gasteiger partial charge in [-0.25, -0.2) is 13.6 Å². The first-order chi connectivity index (χ1) is 10.8. The molecule has 0 N–H and O–H groups in total. The van der Waals surface area contributed by atoms with E-state index in [0.717, 1.165) is 18.2 Å². The Morgan fingerprint density at radius 2 is 1.87 bits per heavy atom. The predicted octanol–water partition coefficient (Wildman–Crippen LogP) is 2.91. The largest absolute Gasteiger partial charge is 0.462 e. The summed E-state index contributed by atoms with van der Waals surface area (Å²) in [6.07, 6.45) is 0. The van der Waals surface area contributed by atoms with Crippen LogP contribution in [0.2, 0.25) is 0 Å². The number of carbonyl (C=O) groups is 1. The first-order valence-corrected chi connectivity index (χ1v) is 7.91. The van der Waals surface area contributed by atoms with Gasteiger partial charge in [0.2, 0.25) is 0 Å². The molecule has 0 unspecified atom stereocenters. The highest BCUT2D eigenvalue weighted by atomic mass is 32.2. The zero-order valence-electron chi connectivity index (χ0n) is 12.0. The minimum Gasteiger partial charge on any atom is -0.462 e. The van der Waals surface area contributed by atoms with Crippen LogP contribution in [0.1, 0.15) is 17.3 Å². The monoisotopic (exact) mass is 342 g/mol. The van der Waals surface area contributed by atoms with Gasteiger partial charge in [-0.3, -0.25) is 0 Å². The van der Waals surface area contributed by atoms with E-state index in [4.69, 9.17) is 4.74 Å². The van der Waals surface area contributed by atoms with Gasteiger partial charge in [-0.1, -0.05) is 6.07 Å². The number of hydrogen-bond donors (Lipinski definition) is 0. The molecule has 2 aromatic rings. The number of hydrogen-bond acceptors (Lipinski definition) is 5. The molecule has 8 heteroatoms. The molecule has 0 heterocycles. The van der Waals surface area contributed by atoms with Crippen molar-refractivity contribution in [3.05, 3.63) is 59.7 Å². The van der Waals surface area contributed by atoms with E-state index in [9.17, 15) is 22.0 Å². The van der Waals surface area contributed by atoms with Crippen LogP contribution in [-0.2, 0) is 14.9 Å². The van der Waals surface area contributed by atoms with Crippen molar-refractivity contribution >= 4 is 16.1 Å². The van der Waals surface area contributed by atoms with E-state index in [-0.39, 0.29) is 17.1 Å². The third-order valence-corrected chi connectivity index (χ3v) is 3.96.